The quantitative estimate of drug-likeness (QED) is 0.395. The summed E-state index contributed by atoms with van der Waals surface area (Å²) in [7, 11) is 0. The SMILES string of the molecule is O=C(CSc1ccccc1)Nc1ccc(N2CCN(C(=O)c3cc4ccccc4o3)CC2)cc1. The van der Waals surface area contributed by atoms with Crippen molar-refractivity contribution < 1.29 is 14.0 Å². The van der Waals surface area contributed by atoms with E-state index in [9.17, 15) is 9.59 Å². The van der Waals surface area contributed by atoms with Crippen molar-refractivity contribution in [3.63, 3.8) is 0 Å². The fraction of sp³-hybridized carbons (Fsp3) is 0.185. The first-order valence-electron chi connectivity index (χ1n) is 11.3. The number of furan rings is 1. The molecule has 1 N–H and O–H groups in total. The number of hydrogen-bond donors (Lipinski definition) is 1. The second-order valence-electron chi connectivity index (χ2n) is 8.12. The standard InChI is InChI=1S/C27H25N3O3S/c31-26(19-34-23-7-2-1-3-8-23)28-21-10-12-22(13-11-21)29-14-16-30(17-15-29)27(32)25-18-20-6-4-5-9-24(20)33-25/h1-13,18H,14-17,19H2,(H,28,31). The Labute approximate surface area is 202 Å². The van der Waals surface area contributed by atoms with Crippen LogP contribution in [0.1, 0.15) is 10.6 Å². The highest BCUT2D eigenvalue weighted by atomic mass is 32.2. The number of piperazine rings is 1. The van der Waals surface area contributed by atoms with Crippen LogP contribution in [0.3, 0.4) is 0 Å². The van der Waals surface area contributed by atoms with E-state index >= 15 is 0 Å². The van der Waals surface area contributed by atoms with E-state index in [-0.39, 0.29) is 11.8 Å². The topological polar surface area (TPSA) is 65.8 Å². The van der Waals surface area contributed by atoms with Crippen molar-refractivity contribution in [2.45, 2.75) is 4.90 Å². The van der Waals surface area contributed by atoms with E-state index in [2.05, 4.69) is 10.2 Å². The Morgan fingerprint density at radius 3 is 2.29 bits per heavy atom. The third-order valence-electron chi connectivity index (χ3n) is 5.83. The molecule has 6 nitrogen and oxygen atoms in total. The van der Waals surface area contributed by atoms with E-state index in [1.54, 1.807) is 0 Å². The van der Waals surface area contributed by atoms with Crippen molar-refractivity contribution in [2.75, 3.05) is 42.1 Å². The lowest BCUT2D eigenvalue weighted by atomic mass is 10.2. The van der Waals surface area contributed by atoms with Gasteiger partial charge in [0.25, 0.3) is 5.91 Å². The first-order chi connectivity index (χ1) is 16.7. The molecule has 0 saturated carbocycles. The molecule has 1 saturated heterocycles. The first-order valence-corrected chi connectivity index (χ1v) is 12.2. The maximum Gasteiger partial charge on any atom is 0.289 e. The van der Waals surface area contributed by atoms with E-state index < -0.39 is 0 Å². The molecular weight excluding hydrogens is 446 g/mol. The molecule has 0 atom stereocenters. The number of nitrogens with zero attached hydrogens (tertiary/aromatic N) is 2. The van der Waals surface area contributed by atoms with Gasteiger partial charge in [0, 0.05) is 47.8 Å². The molecule has 2 heterocycles. The van der Waals surface area contributed by atoms with Gasteiger partial charge in [0.1, 0.15) is 5.58 Å². The molecule has 2 amide bonds. The number of anilines is 2. The van der Waals surface area contributed by atoms with Gasteiger partial charge in [-0.2, -0.15) is 0 Å². The molecule has 1 aromatic heterocycles. The molecule has 1 aliphatic rings. The molecule has 172 valence electrons. The molecule has 3 aromatic carbocycles. The van der Waals surface area contributed by atoms with Gasteiger partial charge in [-0.05, 0) is 48.5 Å². The number of fused-ring (bicyclic) bond motifs is 1. The van der Waals surface area contributed by atoms with Gasteiger partial charge >= 0.3 is 0 Å². The Morgan fingerprint density at radius 2 is 1.56 bits per heavy atom. The molecule has 0 radical (unpaired) electrons. The second kappa shape index (κ2) is 10.1. The van der Waals surface area contributed by atoms with E-state index in [0.717, 1.165) is 40.3 Å². The Bertz CT molecular complexity index is 1250. The van der Waals surface area contributed by atoms with Gasteiger partial charge in [0.05, 0.1) is 5.75 Å². The van der Waals surface area contributed by atoms with Gasteiger partial charge in [0.2, 0.25) is 5.91 Å². The van der Waals surface area contributed by atoms with Crippen molar-refractivity contribution in [2.24, 2.45) is 0 Å². The van der Waals surface area contributed by atoms with Crippen LogP contribution >= 0.6 is 11.8 Å². The minimum absolute atomic E-state index is 0.0284. The van der Waals surface area contributed by atoms with Gasteiger partial charge in [-0.1, -0.05) is 36.4 Å². The summed E-state index contributed by atoms with van der Waals surface area (Å²) in [6.07, 6.45) is 0. The van der Waals surface area contributed by atoms with Crippen LogP contribution in [0.25, 0.3) is 11.0 Å². The summed E-state index contributed by atoms with van der Waals surface area (Å²) in [5.74, 6) is 0.661. The van der Waals surface area contributed by atoms with Gasteiger partial charge in [0.15, 0.2) is 5.76 Å². The summed E-state index contributed by atoms with van der Waals surface area (Å²) in [6, 6.07) is 27.2. The Morgan fingerprint density at radius 1 is 0.853 bits per heavy atom. The number of thioether (sulfide) groups is 1. The summed E-state index contributed by atoms with van der Waals surface area (Å²) in [6.45, 7) is 2.74. The number of amides is 2. The fourth-order valence-corrected chi connectivity index (χ4v) is 4.75. The lowest BCUT2D eigenvalue weighted by molar-refractivity contribution is -0.113. The highest BCUT2D eigenvalue weighted by molar-refractivity contribution is 8.00. The van der Waals surface area contributed by atoms with Crippen molar-refractivity contribution in [1.82, 2.24) is 4.90 Å². The smallest absolute Gasteiger partial charge is 0.289 e. The van der Waals surface area contributed by atoms with Crippen molar-refractivity contribution in [3.05, 3.63) is 90.7 Å². The second-order valence-corrected chi connectivity index (χ2v) is 9.17. The van der Waals surface area contributed by atoms with Gasteiger partial charge in [-0.3, -0.25) is 9.59 Å². The number of benzene rings is 3. The zero-order valence-electron chi connectivity index (χ0n) is 18.6. The van der Waals surface area contributed by atoms with Crippen LogP contribution in [0.2, 0.25) is 0 Å². The van der Waals surface area contributed by atoms with Crippen LogP contribution in [0, 0.1) is 0 Å². The number of rotatable bonds is 6. The molecule has 0 aliphatic carbocycles. The minimum Gasteiger partial charge on any atom is -0.451 e. The van der Waals surface area contributed by atoms with Crippen LogP contribution < -0.4 is 10.2 Å². The molecule has 0 unspecified atom stereocenters. The van der Waals surface area contributed by atoms with Crippen LogP contribution in [0.5, 0.6) is 0 Å². The van der Waals surface area contributed by atoms with Gasteiger partial charge in [-0.25, -0.2) is 0 Å². The van der Waals surface area contributed by atoms with E-state index in [4.69, 9.17) is 4.42 Å². The lowest BCUT2D eigenvalue weighted by Gasteiger charge is -2.35. The van der Waals surface area contributed by atoms with E-state index in [0.29, 0.717) is 24.6 Å². The monoisotopic (exact) mass is 471 g/mol. The molecule has 0 bridgehead atoms. The van der Waals surface area contributed by atoms with Gasteiger partial charge in [-0.15, -0.1) is 11.8 Å². The zero-order valence-corrected chi connectivity index (χ0v) is 19.5. The van der Waals surface area contributed by atoms with Crippen LogP contribution in [-0.4, -0.2) is 48.6 Å². The number of nitrogens with one attached hydrogen (secondary N) is 1. The molecular formula is C27H25N3O3S. The zero-order chi connectivity index (χ0) is 23.3. The predicted octanol–water partition coefficient (Wildman–Crippen LogP) is 5.13. The van der Waals surface area contributed by atoms with Crippen LogP contribution in [-0.2, 0) is 4.79 Å². The van der Waals surface area contributed by atoms with E-state index in [1.165, 1.54) is 11.8 Å². The molecule has 34 heavy (non-hydrogen) atoms. The Balaban J connectivity index is 1.12. The first kappa shape index (κ1) is 22.1. The molecule has 0 spiro atoms. The van der Waals surface area contributed by atoms with Crippen LogP contribution in [0.4, 0.5) is 11.4 Å². The Hall–Kier alpha value is -3.71. The largest absolute Gasteiger partial charge is 0.451 e. The number of carbonyl (C=O) groups excluding carboxylic acids is 2. The number of hydrogen-bond acceptors (Lipinski definition) is 5. The normalized spacial score (nSPS) is 13.8. The average Bonchev–Trinajstić information content (AvgIpc) is 3.33. The van der Waals surface area contributed by atoms with Gasteiger partial charge < -0.3 is 19.5 Å². The summed E-state index contributed by atoms with van der Waals surface area (Å²) in [5, 5.41) is 3.89. The number of para-hydroxylation sites is 1. The molecule has 5 rings (SSSR count). The van der Waals surface area contributed by atoms with Crippen molar-refractivity contribution in [3.8, 4) is 0 Å². The Kier molecular flexibility index (Phi) is 6.53. The maximum absolute atomic E-state index is 12.9. The highest BCUT2D eigenvalue weighted by Gasteiger charge is 2.24. The molecule has 4 aromatic rings. The number of carbonyl (C=O) groups is 2. The van der Waals surface area contributed by atoms with Crippen molar-refractivity contribution in [1.29, 1.82) is 0 Å². The maximum atomic E-state index is 12.9. The predicted molar refractivity (Wildman–Crippen MR) is 137 cm³/mol. The third kappa shape index (κ3) is 5.10. The minimum atomic E-state index is -0.0673. The average molecular weight is 472 g/mol. The summed E-state index contributed by atoms with van der Waals surface area (Å²) < 4.78 is 5.74. The summed E-state index contributed by atoms with van der Waals surface area (Å²) in [5.41, 5.74) is 2.59. The fourth-order valence-electron chi connectivity index (χ4n) is 4.03. The van der Waals surface area contributed by atoms with Crippen LogP contribution in [0.15, 0.2) is 94.2 Å². The summed E-state index contributed by atoms with van der Waals surface area (Å²) >= 11 is 1.52. The molecule has 1 fully saturated rings. The molecule has 1 aliphatic heterocycles. The summed E-state index contributed by atoms with van der Waals surface area (Å²) in [4.78, 5) is 30.3. The molecule has 7 heteroatoms. The van der Waals surface area contributed by atoms with E-state index in [1.807, 2.05) is 89.8 Å². The lowest BCUT2D eigenvalue weighted by Crippen LogP contribution is -2.48. The third-order valence-corrected chi connectivity index (χ3v) is 6.84. The highest BCUT2D eigenvalue weighted by Crippen LogP contribution is 2.23. The van der Waals surface area contributed by atoms with Crippen molar-refractivity contribution >= 4 is 45.9 Å².